The van der Waals surface area contributed by atoms with Gasteiger partial charge in [0.05, 0.1) is 31.3 Å². The van der Waals surface area contributed by atoms with Crippen LogP contribution in [0.3, 0.4) is 0 Å². The van der Waals surface area contributed by atoms with Gasteiger partial charge in [0.2, 0.25) is 0 Å². The van der Waals surface area contributed by atoms with Crippen LogP contribution in [0.1, 0.15) is 31.4 Å². The van der Waals surface area contributed by atoms with Crippen molar-refractivity contribution in [3.63, 3.8) is 0 Å². The fourth-order valence-electron chi connectivity index (χ4n) is 3.95. The second-order valence-electron chi connectivity index (χ2n) is 8.62. The topological polar surface area (TPSA) is 78.8 Å². The number of ether oxygens (including phenoxy) is 1. The van der Waals surface area contributed by atoms with Gasteiger partial charge < -0.3 is 20.3 Å². The lowest BCUT2D eigenvalue weighted by Crippen LogP contribution is -2.45. The van der Waals surface area contributed by atoms with Crippen molar-refractivity contribution in [3.8, 4) is 0 Å². The Kier molecular flexibility index (Phi) is 8.80. The number of fused-ring (bicyclic) bond motifs is 1. The molecule has 0 amide bonds. The summed E-state index contributed by atoms with van der Waals surface area (Å²) in [6, 6.07) is 23.9. The van der Waals surface area contributed by atoms with Crippen molar-refractivity contribution in [2.24, 2.45) is 11.8 Å². The van der Waals surface area contributed by atoms with Gasteiger partial charge in [-0.05, 0) is 34.2 Å². The van der Waals surface area contributed by atoms with Gasteiger partial charge in [0.15, 0.2) is 0 Å². The fourth-order valence-corrected chi connectivity index (χ4v) is 3.95. The van der Waals surface area contributed by atoms with Gasteiger partial charge in [-0.3, -0.25) is 4.79 Å². The first-order valence-electron chi connectivity index (χ1n) is 11.2. The molecule has 3 N–H and O–H groups in total. The highest BCUT2D eigenvalue weighted by Gasteiger charge is 2.29. The van der Waals surface area contributed by atoms with Crippen molar-refractivity contribution < 1.29 is 19.7 Å². The number of hydrogen-bond donors (Lipinski definition) is 3. The van der Waals surface area contributed by atoms with E-state index in [0.717, 1.165) is 21.9 Å². The van der Waals surface area contributed by atoms with Crippen LogP contribution in [0.2, 0.25) is 0 Å². The molecule has 0 radical (unpaired) electrons. The molecule has 0 spiro atoms. The summed E-state index contributed by atoms with van der Waals surface area (Å²) < 4.78 is 6.03. The minimum absolute atomic E-state index is 0.0616. The van der Waals surface area contributed by atoms with E-state index in [4.69, 9.17) is 4.74 Å². The molecule has 0 saturated heterocycles. The largest absolute Gasteiger partial charge is 0.481 e. The Morgan fingerprint density at radius 3 is 2.38 bits per heavy atom. The molecule has 0 aliphatic rings. The van der Waals surface area contributed by atoms with Gasteiger partial charge in [0, 0.05) is 6.54 Å². The predicted molar refractivity (Wildman–Crippen MR) is 127 cm³/mol. The highest BCUT2D eigenvalue weighted by Crippen LogP contribution is 2.21. The number of aliphatic hydroxyl groups is 1. The molecule has 3 aromatic carbocycles. The third-order valence-electron chi connectivity index (χ3n) is 5.93. The predicted octanol–water partition coefficient (Wildman–Crippen LogP) is 4.62. The molecule has 170 valence electrons. The average molecular weight is 436 g/mol. The summed E-state index contributed by atoms with van der Waals surface area (Å²) in [6.07, 6.45) is -0.661. The quantitative estimate of drug-likeness (QED) is 0.387. The molecule has 0 fully saturated rings. The number of carboxylic acids is 1. The van der Waals surface area contributed by atoms with Crippen LogP contribution in [0, 0.1) is 11.8 Å². The number of rotatable bonds is 12. The van der Waals surface area contributed by atoms with Crippen LogP contribution in [0.4, 0.5) is 0 Å². The number of aliphatic hydroxyl groups excluding tert-OH is 1. The van der Waals surface area contributed by atoms with E-state index in [-0.39, 0.29) is 25.0 Å². The van der Waals surface area contributed by atoms with Crippen molar-refractivity contribution in [3.05, 3.63) is 83.9 Å². The first-order chi connectivity index (χ1) is 15.5. The van der Waals surface area contributed by atoms with E-state index in [9.17, 15) is 15.0 Å². The molecule has 0 heterocycles. The lowest BCUT2D eigenvalue weighted by molar-refractivity contribution is -0.144. The van der Waals surface area contributed by atoms with E-state index in [1.807, 2.05) is 68.4 Å². The van der Waals surface area contributed by atoms with Crippen LogP contribution >= 0.6 is 0 Å². The Morgan fingerprint density at radius 2 is 1.66 bits per heavy atom. The Balaban J connectivity index is 1.67. The summed E-state index contributed by atoms with van der Waals surface area (Å²) in [4.78, 5) is 11.6. The van der Waals surface area contributed by atoms with Crippen molar-refractivity contribution in [1.29, 1.82) is 0 Å². The minimum atomic E-state index is -0.877. The number of carboxylic acid groups (broad SMARTS) is 1. The summed E-state index contributed by atoms with van der Waals surface area (Å²) in [6.45, 7) is 5.01. The Labute approximate surface area is 190 Å². The van der Waals surface area contributed by atoms with Gasteiger partial charge in [0.25, 0.3) is 0 Å². The van der Waals surface area contributed by atoms with Crippen LogP contribution in [-0.2, 0) is 22.7 Å². The average Bonchev–Trinajstić information content (AvgIpc) is 2.79. The third-order valence-corrected chi connectivity index (χ3v) is 5.93. The molecule has 3 rings (SSSR count). The van der Waals surface area contributed by atoms with E-state index in [2.05, 4.69) is 23.5 Å². The van der Waals surface area contributed by atoms with E-state index in [1.54, 1.807) is 0 Å². The lowest BCUT2D eigenvalue weighted by atomic mass is 9.88. The molecule has 0 aliphatic heterocycles. The summed E-state index contributed by atoms with van der Waals surface area (Å²) >= 11 is 0. The second-order valence-corrected chi connectivity index (χ2v) is 8.62. The third kappa shape index (κ3) is 6.63. The van der Waals surface area contributed by atoms with Crippen molar-refractivity contribution >= 4 is 16.7 Å². The van der Waals surface area contributed by atoms with E-state index in [0.29, 0.717) is 13.2 Å². The van der Waals surface area contributed by atoms with Gasteiger partial charge >= 0.3 is 5.97 Å². The first-order valence-corrected chi connectivity index (χ1v) is 11.2. The van der Waals surface area contributed by atoms with Gasteiger partial charge in [-0.25, -0.2) is 0 Å². The van der Waals surface area contributed by atoms with Crippen molar-refractivity contribution in [2.75, 3.05) is 6.61 Å². The van der Waals surface area contributed by atoms with Gasteiger partial charge in [-0.1, -0.05) is 86.6 Å². The molecule has 3 atom stereocenters. The Hall–Kier alpha value is -2.73. The molecule has 5 nitrogen and oxygen atoms in total. The van der Waals surface area contributed by atoms with Crippen LogP contribution in [0.5, 0.6) is 0 Å². The van der Waals surface area contributed by atoms with Gasteiger partial charge in [-0.2, -0.15) is 0 Å². The Morgan fingerprint density at radius 1 is 0.969 bits per heavy atom. The maximum absolute atomic E-state index is 11.6. The lowest BCUT2D eigenvalue weighted by Gasteiger charge is -2.27. The summed E-state index contributed by atoms with van der Waals surface area (Å²) in [7, 11) is 0. The molecule has 3 aromatic rings. The number of hydrogen-bond acceptors (Lipinski definition) is 4. The van der Waals surface area contributed by atoms with Gasteiger partial charge in [0.1, 0.15) is 0 Å². The highest BCUT2D eigenvalue weighted by molar-refractivity contribution is 5.85. The normalized spacial score (nSPS) is 14.4. The molecule has 0 saturated carbocycles. The molecule has 0 aromatic heterocycles. The molecule has 32 heavy (non-hydrogen) atoms. The maximum Gasteiger partial charge on any atom is 0.306 e. The first kappa shape index (κ1) is 23.9. The SMILES string of the molecule is CC(C)C(CC(O)C(COCc1cccc2ccccc12)NCc1ccccc1)C(=O)O. The molecule has 5 heteroatoms. The smallest absolute Gasteiger partial charge is 0.306 e. The molecule has 0 aliphatic carbocycles. The zero-order valence-corrected chi connectivity index (χ0v) is 18.8. The minimum Gasteiger partial charge on any atom is -0.481 e. The molecule has 3 unspecified atom stereocenters. The summed E-state index contributed by atoms with van der Waals surface area (Å²) in [5.41, 5.74) is 2.18. The summed E-state index contributed by atoms with van der Waals surface area (Å²) in [5.74, 6) is -1.55. The van der Waals surface area contributed by atoms with Crippen molar-refractivity contribution in [2.45, 2.75) is 45.6 Å². The standard InChI is InChI=1S/C27H33NO4/c1-19(2)24(27(30)31)15-26(29)25(28-16-20-9-4-3-5-10-20)18-32-17-22-13-8-12-21-11-6-7-14-23(21)22/h3-14,19,24-26,28-29H,15-18H2,1-2H3,(H,30,31). The van der Waals surface area contributed by atoms with E-state index >= 15 is 0 Å². The second kappa shape index (κ2) is 11.8. The fraction of sp³-hybridized carbons (Fsp3) is 0.370. The number of nitrogens with one attached hydrogen (secondary N) is 1. The van der Waals surface area contributed by atoms with Gasteiger partial charge in [-0.15, -0.1) is 0 Å². The van der Waals surface area contributed by atoms with Crippen LogP contribution in [-0.4, -0.2) is 34.9 Å². The van der Waals surface area contributed by atoms with Crippen molar-refractivity contribution in [1.82, 2.24) is 5.32 Å². The van der Waals surface area contributed by atoms with E-state index in [1.165, 1.54) is 0 Å². The number of benzene rings is 3. The Bertz CT molecular complexity index is 984. The van der Waals surface area contributed by atoms with Crippen LogP contribution in [0.15, 0.2) is 72.8 Å². The maximum atomic E-state index is 11.6. The molecular weight excluding hydrogens is 402 g/mol. The monoisotopic (exact) mass is 435 g/mol. The number of aliphatic carboxylic acids is 1. The number of carbonyl (C=O) groups is 1. The van der Waals surface area contributed by atoms with Crippen LogP contribution in [0.25, 0.3) is 10.8 Å². The highest BCUT2D eigenvalue weighted by atomic mass is 16.5. The zero-order valence-electron chi connectivity index (χ0n) is 18.8. The molecule has 0 bridgehead atoms. The summed E-state index contributed by atoms with van der Waals surface area (Å²) in [5, 5.41) is 26.1. The van der Waals surface area contributed by atoms with E-state index < -0.39 is 18.0 Å². The van der Waals surface area contributed by atoms with Crippen LogP contribution < -0.4 is 5.32 Å². The molecular formula is C27H33NO4. The zero-order chi connectivity index (χ0) is 22.9.